The van der Waals surface area contributed by atoms with Crippen molar-refractivity contribution < 1.29 is 4.79 Å². The summed E-state index contributed by atoms with van der Waals surface area (Å²) in [7, 11) is 0. The molecule has 1 heterocycles. The van der Waals surface area contributed by atoms with E-state index in [0.29, 0.717) is 5.92 Å². The molecule has 1 aliphatic rings. The fourth-order valence-electron chi connectivity index (χ4n) is 2.40. The first-order valence-corrected chi connectivity index (χ1v) is 6.90. The Hall–Kier alpha value is -1.84. The van der Waals surface area contributed by atoms with Crippen LogP contribution < -0.4 is 5.32 Å². The second-order valence-corrected chi connectivity index (χ2v) is 5.50. The fraction of sp³-hybridized carbons (Fsp3) is 0.467. The number of hydrogen-bond donors (Lipinski definition) is 2. The molecule has 2 N–H and O–H groups in total. The molecule has 0 spiro atoms. The van der Waals surface area contributed by atoms with Gasteiger partial charge in [0.05, 0.1) is 17.1 Å². The van der Waals surface area contributed by atoms with Gasteiger partial charge in [0, 0.05) is 5.92 Å². The highest BCUT2D eigenvalue weighted by molar-refractivity contribution is 5.79. The van der Waals surface area contributed by atoms with Crippen LogP contribution >= 0.6 is 0 Å². The molecule has 4 heteroatoms. The van der Waals surface area contributed by atoms with Crippen LogP contribution in [0.25, 0.3) is 11.0 Å². The zero-order valence-corrected chi connectivity index (χ0v) is 11.3. The summed E-state index contributed by atoms with van der Waals surface area (Å²) in [6.07, 6.45) is 2.38. The van der Waals surface area contributed by atoms with E-state index in [9.17, 15) is 4.79 Å². The fourth-order valence-corrected chi connectivity index (χ4v) is 2.40. The summed E-state index contributed by atoms with van der Waals surface area (Å²) in [6, 6.07) is 7.82. The molecule has 2 aromatic rings. The highest BCUT2D eigenvalue weighted by Crippen LogP contribution is 2.36. The van der Waals surface area contributed by atoms with Gasteiger partial charge in [0.1, 0.15) is 5.82 Å². The molecule has 3 rings (SSSR count). The highest BCUT2D eigenvalue weighted by Gasteiger charge is 2.33. The number of fused-ring (bicyclic) bond motifs is 1. The maximum atomic E-state index is 12.1. The van der Waals surface area contributed by atoms with E-state index in [1.165, 1.54) is 12.8 Å². The van der Waals surface area contributed by atoms with Crippen molar-refractivity contribution >= 4 is 16.9 Å². The molecule has 100 valence electrons. The average molecular weight is 257 g/mol. The van der Waals surface area contributed by atoms with Crippen molar-refractivity contribution in [1.82, 2.24) is 15.3 Å². The number of benzene rings is 1. The summed E-state index contributed by atoms with van der Waals surface area (Å²) in [6.45, 7) is 3.98. The monoisotopic (exact) mass is 257 g/mol. The van der Waals surface area contributed by atoms with E-state index in [0.717, 1.165) is 16.9 Å². The number of imidazole rings is 1. The molecule has 2 atom stereocenters. The second-order valence-electron chi connectivity index (χ2n) is 5.50. The molecule has 0 radical (unpaired) electrons. The van der Waals surface area contributed by atoms with Gasteiger partial charge in [-0.3, -0.25) is 4.79 Å². The van der Waals surface area contributed by atoms with Crippen molar-refractivity contribution in [1.29, 1.82) is 0 Å². The van der Waals surface area contributed by atoms with Crippen LogP contribution in [-0.2, 0) is 4.79 Å². The van der Waals surface area contributed by atoms with E-state index in [4.69, 9.17) is 0 Å². The zero-order chi connectivity index (χ0) is 13.4. The Morgan fingerprint density at radius 2 is 2.11 bits per heavy atom. The lowest BCUT2D eigenvalue weighted by molar-refractivity contribution is -0.125. The van der Waals surface area contributed by atoms with Gasteiger partial charge < -0.3 is 10.3 Å². The van der Waals surface area contributed by atoms with Crippen LogP contribution in [0.5, 0.6) is 0 Å². The van der Waals surface area contributed by atoms with Gasteiger partial charge >= 0.3 is 0 Å². The summed E-state index contributed by atoms with van der Waals surface area (Å²) in [5.41, 5.74) is 1.95. The average Bonchev–Trinajstić information content (AvgIpc) is 3.16. The number of carbonyl (C=O) groups excluding carboxylic acids is 1. The van der Waals surface area contributed by atoms with E-state index < -0.39 is 0 Å². The van der Waals surface area contributed by atoms with Crippen molar-refractivity contribution in [3.8, 4) is 0 Å². The number of nitrogens with zero attached hydrogens (tertiary/aromatic N) is 1. The summed E-state index contributed by atoms with van der Waals surface area (Å²) in [4.78, 5) is 19.8. The van der Waals surface area contributed by atoms with Crippen molar-refractivity contribution in [2.75, 3.05) is 0 Å². The smallest absolute Gasteiger partial charge is 0.223 e. The maximum absolute atomic E-state index is 12.1. The highest BCUT2D eigenvalue weighted by atomic mass is 16.1. The van der Waals surface area contributed by atoms with E-state index in [1.54, 1.807) is 0 Å². The number of hydrogen-bond acceptors (Lipinski definition) is 2. The van der Waals surface area contributed by atoms with Gasteiger partial charge in [0.25, 0.3) is 0 Å². The molecule has 1 aromatic carbocycles. The van der Waals surface area contributed by atoms with Crippen molar-refractivity contribution in [2.24, 2.45) is 11.8 Å². The van der Waals surface area contributed by atoms with Gasteiger partial charge in [0.2, 0.25) is 5.91 Å². The van der Waals surface area contributed by atoms with Crippen LogP contribution in [0.2, 0.25) is 0 Å². The Morgan fingerprint density at radius 3 is 2.79 bits per heavy atom. The first-order chi connectivity index (χ1) is 9.15. The first-order valence-electron chi connectivity index (χ1n) is 6.90. The van der Waals surface area contributed by atoms with Crippen LogP contribution in [0.4, 0.5) is 0 Å². The minimum Gasteiger partial charge on any atom is -0.346 e. The Labute approximate surface area is 112 Å². The number of para-hydroxylation sites is 2. The molecule has 1 amide bonds. The Balaban J connectivity index is 1.72. The maximum Gasteiger partial charge on any atom is 0.223 e. The van der Waals surface area contributed by atoms with Crippen LogP contribution in [0.15, 0.2) is 24.3 Å². The number of aromatic nitrogens is 2. The molecule has 0 bridgehead atoms. The summed E-state index contributed by atoms with van der Waals surface area (Å²) in [5.74, 6) is 1.66. The van der Waals surface area contributed by atoms with E-state index in [1.807, 2.05) is 38.1 Å². The number of rotatable bonds is 4. The Morgan fingerprint density at radius 1 is 1.37 bits per heavy atom. The van der Waals surface area contributed by atoms with Crippen LogP contribution in [0, 0.1) is 11.8 Å². The minimum atomic E-state index is -0.0823. The van der Waals surface area contributed by atoms with Gasteiger partial charge in [-0.15, -0.1) is 0 Å². The lowest BCUT2D eigenvalue weighted by Crippen LogP contribution is -2.32. The third-order valence-corrected chi connectivity index (χ3v) is 3.92. The molecule has 0 aliphatic heterocycles. The summed E-state index contributed by atoms with van der Waals surface area (Å²) >= 11 is 0. The number of amides is 1. The van der Waals surface area contributed by atoms with E-state index in [-0.39, 0.29) is 17.9 Å². The topological polar surface area (TPSA) is 57.8 Å². The molecule has 2 unspecified atom stereocenters. The van der Waals surface area contributed by atoms with Crippen LogP contribution in [-0.4, -0.2) is 15.9 Å². The number of aromatic amines is 1. The molecule has 4 nitrogen and oxygen atoms in total. The van der Waals surface area contributed by atoms with Crippen LogP contribution in [0.1, 0.15) is 38.6 Å². The van der Waals surface area contributed by atoms with E-state index >= 15 is 0 Å². The zero-order valence-electron chi connectivity index (χ0n) is 11.3. The van der Waals surface area contributed by atoms with Crippen molar-refractivity contribution in [2.45, 2.75) is 32.7 Å². The quantitative estimate of drug-likeness (QED) is 0.884. The molecular formula is C15H19N3O. The normalized spacial score (nSPS) is 18.2. The molecule has 0 saturated heterocycles. The summed E-state index contributed by atoms with van der Waals surface area (Å²) < 4.78 is 0. The third-order valence-electron chi connectivity index (χ3n) is 3.92. The van der Waals surface area contributed by atoms with Gasteiger partial charge in [-0.2, -0.15) is 0 Å². The molecule has 1 aromatic heterocycles. The number of carbonyl (C=O) groups is 1. The molecule has 1 aliphatic carbocycles. The molecule has 1 fully saturated rings. The lowest BCUT2D eigenvalue weighted by atomic mass is 10.1. The lowest BCUT2D eigenvalue weighted by Gasteiger charge is -2.15. The number of nitrogens with one attached hydrogen (secondary N) is 2. The standard InChI is InChI=1S/C15H19N3O/c1-9(11-7-8-11)15(19)16-10(2)14-17-12-5-3-4-6-13(12)18-14/h3-6,9-11H,7-8H2,1-2H3,(H,16,19)(H,17,18). The summed E-state index contributed by atoms with van der Waals surface area (Å²) in [5, 5.41) is 3.05. The van der Waals surface area contributed by atoms with Gasteiger partial charge in [-0.25, -0.2) is 4.98 Å². The van der Waals surface area contributed by atoms with Crippen LogP contribution in [0.3, 0.4) is 0 Å². The Kier molecular flexibility index (Phi) is 3.01. The van der Waals surface area contributed by atoms with Gasteiger partial charge in [-0.05, 0) is 37.8 Å². The minimum absolute atomic E-state index is 0.0823. The first kappa shape index (κ1) is 12.2. The van der Waals surface area contributed by atoms with Crippen molar-refractivity contribution in [3.05, 3.63) is 30.1 Å². The molecule has 19 heavy (non-hydrogen) atoms. The number of H-pyrrole nitrogens is 1. The molecular weight excluding hydrogens is 238 g/mol. The predicted molar refractivity (Wildman–Crippen MR) is 74.5 cm³/mol. The predicted octanol–water partition coefficient (Wildman–Crippen LogP) is 2.79. The largest absolute Gasteiger partial charge is 0.346 e. The second kappa shape index (κ2) is 4.68. The third kappa shape index (κ3) is 2.48. The van der Waals surface area contributed by atoms with E-state index in [2.05, 4.69) is 15.3 Å². The molecule has 1 saturated carbocycles. The van der Waals surface area contributed by atoms with Gasteiger partial charge in [0.15, 0.2) is 0 Å². The Bertz CT molecular complexity index is 567. The van der Waals surface area contributed by atoms with Gasteiger partial charge in [-0.1, -0.05) is 19.1 Å². The van der Waals surface area contributed by atoms with Crippen molar-refractivity contribution in [3.63, 3.8) is 0 Å². The SMILES string of the molecule is CC(NC(=O)C(C)C1CC1)c1nc2ccccc2[nH]1.